The fraction of sp³-hybridized carbons (Fsp3) is 0. The Morgan fingerprint density at radius 1 is 0.333 bits per heavy atom. The molecule has 0 atom stereocenters. The van der Waals surface area contributed by atoms with E-state index in [9.17, 15) is 15.8 Å². The molecule has 75 heavy (non-hydrogen) atoms. The summed E-state index contributed by atoms with van der Waals surface area (Å²) in [7, 11) is 0. The Bertz CT molecular complexity index is 3880. The zero-order valence-electron chi connectivity index (χ0n) is 40.3. The number of benzene rings is 10. The van der Waals surface area contributed by atoms with Gasteiger partial charge in [0.05, 0.1) is 57.3 Å². The van der Waals surface area contributed by atoms with Gasteiger partial charge in [0.15, 0.2) is 5.82 Å². The van der Waals surface area contributed by atoms with Gasteiger partial charge in [-0.05, 0) is 157 Å². The zero-order valence-corrected chi connectivity index (χ0v) is 40.3. The second-order valence-electron chi connectivity index (χ2n) is 18.0. The summed E-state index contributed by atoms with van der Waals surface area (Å²) < 4.78 is 2.34. The maximum atomic E-state index is 10.7. The van der Waals surface area contributed by atoms with Gasteiger partial charge in [0.25, 0.3) is 0 Å². The average Bonchev–Trinajstić information content (AvgIpc) is 3.81. The predicted molar refractivity (Wildman–Crippen MR) is 302 cm³/mol. The normalized spacial score (nSPS) is 10.9. The number of rotatable bonds is 11. The van der Waals surface area contributed by atoms with E-state index in [0.717, 1.165) is 83.9 Å². The van der Waals surface area contributed by atoms with Crippen molar-refractivity contribution in [1.29, 1.82) is 15.8 Å². The van der Waals surface area contributed by atoms with E-state index in [4.69, 9.17) is 9.97 Å². The van der Waals surface area contributed by atoms with Crippen molar-refractivity contribution < 1.29 is 0 Å². The maximum absolute atomic E-state index is 10.7. The van der Waals surface area contributed by atoms with E-state index in [1.165, 1.54) is 0 Å². The standard InChI is InChI=1S/C67H42N8/c68-43-46-21-25-49(26-22-46)63-42-64(72-67(71-63)50-27-23-47(44-69)24-28-50)60-36-31-51(39-52(60)45-70)48-29-32-57(33-30-48)75-65-37-34-58(73(53-13-5-1-6-14-53)54-15-7-2-8-16-54)40-61(65)62-41-59(35-38-66(62)75)74(55-17-9-3-10-18-55)56-19-11-4-12-20-56/h1-42H. The first-order valence-corrected chi connectivity index (χ1v) is 24.5. The van der Waals surface area contributed by atoms with Crippen molar-refractivity contribution in [3.05, 3.63) is 271 Å². The van der Waals surface area contributed by atoms with Crippen molar-refractivity contribution in [2.75, 3.05) is 9.80 Å². The third-order valence-corrected chi connectivity index (χ3v) is 13.5. The van der Waals surface area contributed by atoms with E-state index < -0.39 is 0 Å². The van der Waals surface area contributed by atoms with Crippen LogP contribution in [0.5, 0.6) is 0 Å². The number of hydrogen-bond acceptors (Lipinski definition) is 7. The topological polar surface area (TPSA) is 109 Å². The van der Waals surface area contributed by atoms with Gasteiger partial charge in [0.1, 0.15) is 0 Å². The Kier molecular flexibility index (Phi) is 11.9. The minimum absolute atomic E-state index is 0.451. The molecule has 0 saturated carbocycles. The van der Waals surface area contributed by atoms with E-state index in [2.05, 4.69) is 190 Å². The van der Waals surface area contributed by atoms with Gasteiger partial charge in [-0.25, -0.2) is 9.97 Å². The SMILES string of the molecule is N#Cc1ccc(-c2cc(-c3ccc(-c4ccc(-n5c6ccc(N(c7ccccc7)c7ccccc7)cc6c6cc(N(c7ccccc7)c7ccccc7)ccc65)cc4)cc3C#N)nc(-c3ccc(C#N)cc3)n2)cc1. The third kappa shape index (κ3) is 8.76. The summed E-state index contributed by atoms with van der Waals surface area (Å²) in [5.74, 6) is 0.451. The first kappa shape index (κ1) is 45.3. The molecule has 0 aliphatic rings. The molecular formula is C67H42N8. The van der Waals surface area contributed by atoms with Gasteiger partial charge in [0, 0.05) is 67.3 Å². The van der Waals surface area contributed by atoms with E-state index in [1.807, 2.05) is 72.8 Å². The van der Waals surface area contributed by atoms with Gasteiger partial charge in [-0.15, -0.1) is 0 Å². The molecule has 8 nitrogen and oxygen atoms in total. The smallest absolute Gasteiger partial charge is 0.160 e. The van der Waals surface area contributed by atoms with Crippen LogP contribution in [0.3, 0.4) is 0 Å². The van der Waals surface area contributed by atoms with Crippen LogP contribution in [-0.2, 0) is 0 Å². The molecule has 0 amide bonds. The highest BCUT2D eigenvalue weighted by Crippen LogP contribution is 2.43. The van der Waals surface area contributed by atoms with E-state index >= 15 is 0 Å². The molecule has 0 unspecified atom stereocenters. The molecule has 12 aromatic rings. The van der Waals surface area contributed by atoms with Crippen LogP contribution in [-0.4, -0.2) is 14.5 Å². The maximum Gasteiger partial charge on any atom is 0.160 e. The number of nitrogens with zero attached hydrogens (tertiary/aromatic N) is 8. The Balaban J connectivity index is 0.963. The number of para-hydroxylation sites is 4. The van der Waals surface area contributed by atoms with Gasteiger partial charge in [-0.1, -0.05) is 109 Å². The molecule has 0 radical (unpaired) electrons. The lowest BCUT2D eigenvalue weighted by Gasteiger charge is -2.26. The summed E-state index contributed by atoms with van der Waals surface area (Å²) >= 11 is 0. The number of nitriles is 3. The second kappa shape index (κ2) is 19.7. The van der Waals surface area contributed by atoms with E-state index in [1.54, 1.807) is 24.3 Å². The van der Waals surface area contributed by atoms with E-state index in [-0.39, 0.29) is 0 Å². The van der Waals surface area contributed by atoms with Crippen LogP contribution in [0, 0.1) is 34.0 Å². The molecule has 0 fully saturated rings. The summed E-state index contributed by atoms with van der Waals surface area (Å²) in [6, 6.07) is 92.8. The summed E-state index contributed by atoms with van der Waals surface area (Å²) in [6.07, 6.45) is 0. The molecule has 10 aromatic carbocycles. The van der Waals surface area contributed by atoms with Crippen LogP contribution < -0.4 is 9.80 Å². The first-order valence-electron chi connectivity index (χ1n) is 24.5. The lowest BCUT2D eigenvalue weighted by Crippen LogP contribution is -2.09. The molecule has 2 heterocycles. The minimum atomic E-state index is 0.451. The van der Waals surface area contributed by atoms with E-state index in [0.29, 0.717) is 39.5 Å². The van der Waals surface area contributed by atoms with Gasteiger partial charge in [-0.2, -0.15) is 15.8 Å². The molecule has 0 N–H and O–H groups in total. The highest BCUT2D eigenvalue weighted by Gasteiger charge is 2.21. The molecule has 12 rings (SSSR count). The van der Waals surface area contributed by atoms with Gasteiger partial charge in [0.2, 0.25) is 0 Å². The zero-order chi connectivity index (χ0) is 50.7. The number of fused-ring (bicyclic) bond motifs is 3. The van der Waals surface area contributed by atoms with Crippen molar-refractivity contribution >= 4 is 55.9 Å². The average molecular weight is 959 g/mol. The highest BCUT2D eigenvalue weighted by atomic mass is 15.1. The monoisotopic (exact) mass is 958 g/mol. The van der Waals surface area contributed by atoms with Crippen LogP contribution >= 0.6 is 0 Å². The van der Waals surface area contributed by atoms with Crippen molar-refractivity contribution in [2.24, 2.45) is 0 Å². The largest absolute Gasteiger partial charge is 0.310 e. The predicted octanol–water partition coefficient (Wildman–Crippen LogP) is 16.8. The fourth-order valence-electron chi connectivity index (χ4n) is 9.87. The number of anilines is 6. The summed E-state index contributed by atoms with van der Waals surface area (Å²) in [5, 5.41) is 31.8. The van der Waals surface area contributed by atoms with Crippen LogP contribution in [0.15, 0.2) is 255 Å². The van der Waals surface area contributed by atoms with Crippen LogP contribution in [0.4, 0.5) is 34.1 Å². The molecule has 0 aliphatic carbocycles. The number of aromatic nitrogens is 3. The van der Waals surface area contributed by atoms with Crippen molar-refractivity contribution in [2.45, 2.75) is 0 Å². The molecule has 0 aliphatic heterocycles. The first-order chi connectivity index (χ1) is 37.0. The van der Waals surface area contributed by atoms with Crippen molar-refractivity contribution in [3.8, 4) is 68.9 Å². The fourth-order valence-corrected chi connectivity index (χ4v) is 9.87. The molecule has 0 saturated heterocycles. The third-order valence-electron chi connectivity index (χ3n) is 13.5. The van der Waals surface area contributed by atoms with Gasteiger partial charge >= 0.3 is 0 Å². The Hall–Kier alpha value is -10.9. The Labute approximate surface area is 434 Å². The van der Waals surface area contributed by atoms with Gasteiger partial charge < -0.3 is 14.4 Å². The lowest BCUT2D eigenvalue weighted by molar-refractivity contribution is 1.18. The molecule has 2 aromatic heterocycles. The summed E-state index contributed by atoms with van der Waals surface area (Å²) in [5.41, 5.74) is 16.2. The second-order valence-corrected chi connectivity index (χ2v) is 18.0. The van der Waals surface area contributed by atoms with Crippen molar-refractivity contribution in [1.82, 2.24) is 14.5 Å². The van der Waals surface area contributed by atoms with Gasteiger partial charge in [-0.3, -0.25) is 0 Å². The Morgan fingerprint density at radius 2 is 0.760 bits per heavy atom. The lowest BCUT2D eigenvalue weighted by atomic mass is 9.97. The van der Waals surface area contributed by atoms with Crippen LogP contribution in [0.1, 0.15) is 16.7 Å². The van der Waals surface area contributed by atoms with Crippen LogP contribution in [0.2, 0.25) is 0 Å². The quantitative estimate of drug-likeness (QED) is 0.127. The highest BCUT2D eigenvalue weighted by molar-refractivity contribution is 6.12. The summed E-state index contributed by atoms with van der Waals surface area (Å²) in [4.78, 5) is 14.5. The molecule has 0 spiro atoms. The summed E-state index contributed by atoms with van der Waals surface area (Å²) in [6.45, 7) is 0. The van der Waals surface area contributed by atoms with Crippen molar-refractivity contribution in [3.63, 3.8) is 0 Å². The molecule has 8 heteroatoms. The van der Waals surface area contributed by atoms with Crippen LogP contribution in [0.25, 0.3) is 72.5 Å². The molecule has 0 bridgehead atoms. The molecular weight excluding hydrogens is 917 g/mol. The minimum Gasteiger partial charge on any atom is -0.310 e. The molecule has 350 valence electrons. The number of hydrogen-bond donors (Lipinski definition) is 0. The Morgan fingerprint density at radius 3 is 1.21 bits per heavy atom.